The van der Waals surface area contributed by atoms with Gasteiger partial charge in [0.05, 0.1) is 0 Å². The molecule has 0 amide bonds. The van der Waals surface area contributed by atoms with Gasteiger partial charge in [0.25, 0.3) is 6.43 Å². The molecule has 0 bridgehead atoms. The number of carboxylic acids is 1. The Hall–Kier alpha value is -2.24. The standard InChI is InChI=1S/C11H8F2N2O2/c12-10(13)9-7(11(16)17)8(14-15-9)6-4-2-1-3-5-6/h1-5,10H,(H,14,15)(H,16,17). The third-order valence-electron chi connectivity index (χ3n) is 2.27. The maximum absolute atomic E-state index is 12.6. The molecule has 0 atom stereocenters. The third kappa shape index (κ3) is 2.01. The van der Waals surface area contributed by atoms with Crippen molar-refractivity contribution in [2.45, 2.75) is 6.43 Å². The van der Waals surface area contributed by atoms with Crippen molar-refractivity contribution in [1.29, 1.82) is 0 Å². The molecule has 0 spiro atoms. The Morgan fingerprint density at radius 2 is 1.94 bits per heavy atom. The van der Waals surface area contributed by atoms with Crippen LogP contribution in [0.2, 0.25) is 0 Å². The normalized spacial score (nSPS) is 10.8. The van der Waals surface area contributed by atoms with E-state index in [4.69, 9.17) is 5.11 Å². The SMILES string of the molecule is O=C(O)c1c(-c2ccccc2)n[nH]c1C(F)F. The summed E-state index contributed by atoms with van der Waals surface area (Å²) in [6.45, 7) is 0. The van der Waals surface area contributed by atoms with E-state index >= 15 is 0 Å². The second kappa shape index (κ2) is 4.32. The smallest absolute Gasteiger partial charge is 0.340 e. The highest BCUT2D eigenvalue weighted by Gasteiger charge is 2.25. The molecule has 0 fully saturated rings. The minimum atomic E-state index is -2.90. The first-order chi connectivity index (χ1) is 8.11. The fraction of sp³-hybridized carbons (Fsp3) is 0.0909. The van der Waals surface area contributed by atoms with Crippen molar-refractivity contribution in [3.8, 4) is 11.3 Å². The molecule has 0 aliphatic carbocycles. The van der Waals surface area contributed by atoms with Crippen molar-refractivity contribution in [2.75, 3.05) is 0 Å². The Kier molecular flexibility index (Phi) is 2.86. The molecular weight excluding hydrogens is 230 g/mol. The largest absolute Gasteiger partial charge is 0.478 e. The van der Waals surface area contributed by atoms with E-state index in [1.165, 1.54) is 0 Å². The summed E-state index contributed by atoms with van der Waals surface area (Å²) in [7, 11) is 0. The minimum absolute atomic E-state index is 0.0217. The van der Waals surface area contributed by atoms with E-state index in [1.807, 2.05) is 0 Å². The number of aromatic amines is 1. The molecule has 0 saturated carbocycles. The zero-order valence-corrected chi connectivity index (χ0v) is 8.52. The lowest BCUT2D eigenvalue weighted by molar-refractivity contribution is 0.0685. The van der Waals surface area contributed by atoms with Gasteiger partial charge in [-0.3, -0.25) is 5.10 Å². The average molecular weight is 238 g/mol. The lowest BCUT2D eigenvalue weighted by atomic mass is 10.1. The fourth-order valence-corrected chi connectivity index (χ4v) is 1.53. The zero-order valence-electron chi connectivity index (χ0n) is 8.52. The van der Waals surface area contributed by atoms with Crippen molar-refractivity contribution in [3.63, 3.8) is 0 Å². The number of hydrogen-bond donors (Lipinski definition) is 2. The number of benzene rings is 1. The van der Waals surface area contributed by atoms with Crippen LogP contribution < -0.4 is 0 Å². The van der Waals surface area contributed by atoms with E-state index in [9.17, 15) is 13.6 Å². The molecule has 0 radical (unpaired) electrons. The number of nitrogens with zero attached hydrogens (tertiary/aromatic N) is 1. The second-order valence-corrected chi connectivity index (χ2v) is 3.33. The molecule has 17 heavy (non-hydrogen) atoms. The summed E-state index contributed by atoms with van der Waals surface area (Å²) in [5.74, 6) is -1.42. The number of aromatic carboxylic acids is 1. The van der Waals surface area contributed by atoms with Gasteiger partial charge in [0, 0.05) is 5.56 Å². The molecule has 2 rings (SSSR count). The summed E-state index contributed by atoms with van der Waals surface area (Å²) in [5, 5.41) is 14.7. The van der Waals surface area contributed by atoms with Crippen LogP contribution in [0.4, 0.5) is 8.78 Å². The number of aromatic nitrogens is 2. The van der Waals surface area contributed by atoms with Gasteiger partial charge in [0.1, 0.15) is 17.0 Å². The predicted molar refractivity (Wildman–Crippen MR) is 55.9 cm³/mol. The predicted octanol–water partition coefficient (Wildman–Crippen LogP) is 2.71. The summed E-state index contributed by atoms with van der Waals surface area (Å²) in [4.78, 5) is 11.0. The first-order valence-corrected chi connectivity index (χ1v) is 4.76. The highest BCUT2D eigenvalue weighted by atomic mass is 19.3. The first-order valence-electron chi connectivity index (χ1n) is 4.76. The van der Waals surface area contributed by atoms with Crippen molar-refractivity contribution in [2.24, 2.45) is 0 Å². The molecule has 1 aromatic heterocycles. The summed E-state index contributed by atoms with van der Waals surface area (Å²) in [6, 6.07) is 8.32. The summed E-state index contributed by atoms with van der Waals surface area (Å²) < 4.78 is 25.2. The Morgan fingerprint density at radius 3 is 2.47 bits per heavy atom. The second-order valence-electron chi connectivity index (χ2n) is 3.33. The van der Waals surface area contributed by atoms with Gasteiger partial charge >= 0.3 is 5.97 Å². The van der Waals surface area contributed by atoms with Crippen LogP contribution in [0.15, 0.2) is 30.3 Å². The molecule has 4 nitrogen and oxygen atoms in total. The van der Waals surface area contributed by atoms with Gasteiger partial charge in [-0.15, -0.1) is 0 Å². The maximum atomic E-state index is 12.6. The Morgan fingerprint density at radius 1 is 1.29 bits per heavy atom. The van der Waals surface area contributed by atoms with Gasteiger partial charge in [-0.2, -0.15) is 5.10 Å². The molecule has 0 aliphatic heterocycles. The number of carboxylic acid groups (broad SMARTS) is 1. The van der Waals surface area contributed by atoms with Crippen LogP contribution in [0, 0.1) is 0 Å². The van der Waals surface area contributed by atoms with Crippen LogP contribution in [0.25, 0.3) is 11.3 Å². The van der Waals surface area contributed by atoms with Crippen molar-refractivity contribution >= 4 is 5.97 Å². The van der Waals surface area contributed by atoms with E-state index in [2.05, 4.69) is 10.2 Å². The monoisotopic (exact) mass is 238 g/mol. The Bertz CT molecular complexity index is 538. The van der Waals surface area contributed by atoms with E-state index < -0.39 is 23.7 Å². The topological polar surface area (TPSA) is 66.0 Å². The van der Waals surface area contributed by atoms with Crippen molar-refractivity contribution in [1.82, 2.24) is 10.2 Å². The quantitative estimate of drug-likeness (QED) is 0.863. The van der Waals surface area contributed by atoms with Crippen molar-refractivity contribution < 1.29 is 18.7 Å². The van der Waals surface area contributed by atoms with Crippen LogP contribution in [-0.4, -0.2) is 21.3 Å². The summed E-state index contributed by atoms with van der Waals surface area (Å²) in [6.07, 6.45) is -2.90. The molecule has 2 N–H and O–H groups in total. The van der Waals surface area contributed by atoms with Crippen LogP contribution in [0.1, 0.15) is 22.5 Å². The molecule has 6 heteroatoms. The number of halogens is 2. The van der Waals surface area contributed by atoms with Gasteiger partial charge < -0.3 is 5.11 Å². The van der Waals surface area contributed by atoms with Crippen LogP contribution in [0.5, 0.6) is 0 Å². The van der Waals surface area contributed by atoms with Crippen LogP contribution >= 0.6 is 0 Å². The highest BCUT2D eigenvalue weighted by Crippen LogP contribution is 2.29. The summed E-state index contributed by atoms with van der Waals surface area (Å²) >= 11 is 0. The van der Waals surface area contributed by atoms with Gasteiger partial charge in [-0.1, -0.05) is 30.3 Å². The molecular formula is C11H8F2N2O2. The number of rotatable bonds is 3. The average Bonchev–Trinajstić information content (AvgIpc) is 2.74. The molecule has 88 valence electrons. The molecule has 0 aliphatic rings. The first kappa shape index (κ1) is 11.3. The Balaban J connectivity index is 2.60. The van der Waals surface area contributed by atoms with E-state index in [-0.39, 0.29) is 5.69 Å². The molecule has 1 aromatic carbocycles. The minimum Gasteiger partial charge on any atom is -0.478 e. The molecule has 0 saturated heterocycles. The van der Waals surface area contributed by atoms with Gasteiger partial charge in [-0.25, -0.2) is 13.6 Å². The summed E-state index contributed by atoms with van der Waals surface area (Å²) in [5.41, 5.74) is -0.649. The number of nitrogens with one attached hydrogen (secondary N) is 1. The number of H-pyrrole nitrogens is 1. The van der Waals surface area contributed by atoms with E-state index in [0.717, 1.165) is 0 Å². The lowest BCUT2D eigenvalue weighted by Gasteiger charge is -2.00. The Labute approximate surface area is 94.9 Å². The highest BCUT2D eigenvalue weighted by molar-refractivity contribution is 5.96. The van der Waals surface area contributed by atoms with Crippen LogP contribution in [-0.2, 0) is 0 Å². The fourth-order valence-electron chi connectivity index (χ4n) is 1.53. The van der Waals surface area contributed by atoms with Gasteiger partial charge in [0.15, 0.2) is 0 Å². The third-order valence-corrected chi connectivity index (χ3v) is 2.27. The van der Waals surface area contributed by atoms with Crippen molar-refractivity contribution in [3.05, 3.63) is 41.6 Å². The molecule has 2 aromatic rings. The number of hydrogen-bond acceptors (Lipinski definition) is 2. The number of carbonyl (C=O) groups is 1. The maximum Gasteiger partial charge on any atom is 0.340 e. The van der Waals surface area contributed by atoms with Gasteiger partial charge in [0.2, 0.25) is 0 Å². The van der Waals surface area contributed by atoms with E-state index in [0.29, 0.717) is 5.56 Å². The zero-order chi connectivity index (χ0) is 12.4. The lowest BCUT2D eigenvalue weighted by Crippen LogP contribution is -2.02. The molecule has 0 unspecified atom stereocenters. The van der Waals surface area contributed by atoms with Crippen LogP contribution in [0.3, 0.4) is 0 Å². The number of alkyl halides is 2. The molecule has 1 heterocycles. The van der Waals surface area contributed by atoms with E-state index in [1.54, 1.807) is 30.3 Å². The van der Waals surface area contributed by atoms with Gasteiger partial charge in [-0.05, 0) is 0 Å².